The summed E-state index contributed by atoms with van der Waals surface area (Å²) >= 11 is 1.00. The highest BCUT2D eigenvalue weighted by molar-refractivity contribution is 8.14. The van der Waals surface area contributed by atoms with E-state index in [2.05, 4.69) is 0 Å². The summed E-state index contributed by atoms with van der Waals surface area (Å²) < 4.78 is 5.01. The Kier molecular flexibility index (Phi) is 3.44. The van der Waals surface area contributed by atoms with Crippen LogP contribution in [0.15, 0.2) is 52.0 Å². The van der Waals surface area contributed by atoms with Crippen molar-refractivity contribution < 1.29 is 14.0 Å². The molecule has 1 aromatic carbocycles. The minimum absolute atomic E-state index is 0.0552. The van der Waals surface area contributed by atoms with Gasteiger partial charge in [0.05, 0.1) is 6.26 Å². The number of thioether (sulfide) groups is 1. The summed E-state index contributed by atoms with van der Waals surface area (Å²) in [5.74, 6) is 0.230. The molecule has 0 aliphatic rings. The van der Waals surface area contributed by atoms with E-state index >= 15 is 0 Å². The quantitative estimate of drug-likeness (QED) is 0.615. The fourth-order valence-electron chi connectivity index (χ4n) is 1.39. The number of carbonyl (C=O) groups is 2. The molecule has 86 valence electrons. The number of ketones is 1. The number of hydrogen-bond acceptors (Lipinski definition) is 4. The molecule has 0 saturated heterocycles. The summed E-state index contributed by atoms with van der Waals surface area (Å²) in [7, 11) is 0. The maximum Gasteiger partial charge on any atom is 0.259 e. The molecular formula is C13H10O3S. The average molecular weight is 246 g/mol. The Hall–Kier alpha value is -1.81. The highest BCUT2D eigenvalue weighted by Gasteiger charge is 2.14. The number of furan rings is 1. The number of rotatable bonds is 3. The number of benzene rings is 1. The monoisotopic (exact) mass is 246 g/mol. The third-order valence-electron chi connectivity index (χ3n) is 2.19. The molecule has 0 aliphatic carbocycles. The minimum atomic E-state index is -0.205. The fraction of sp³-hybridized carbons (Fsp3) is 0.0769. The van der Waals surface area contributed by atoms with E-state index in [1.807, 2.05) is 0 Å². The summed E-state index contributed by atoms with van der Waals surface area (Å²) in [4.78, 5) is 23.8. The van der Waals surface area contributed by atoms with Crippen molar-refractivity contribution >= 4 is 22.7 Å². The van der Waals surface area contributed by atoms with Crippen LogP contribution in [0.2, 0.25) is 0 Å². The molecule has 0 amide bonds. The first-order valence-electron chi connectivity index (χ1n) is 5.04. The zero-order chi connectivity index (χ0) is 12.3. The molecule has 1 heterocycles. The summed E-state index contributed by atoms with van der Waals surface area (Å²) in [6, 6.07) is 10.3. The van der Waals surface area contributed by atoms with E-state index in [4.69, 9.17) is 4.42 Å². The second kappa shape index (κ2) is 5.01. The van der Waals surface area contributed by atoms with E-state index in [-0.39, 0.29) is 16.7 Å². The first kappa shape index (κ1) is 11.7. The van der Waals surface area contributed by atoms with Crippen LogP contribution in [0.3, 0.4) is 0 Å². The van der Waals surface area contributed by atoms with Gasteiger partial charge in [-0.1, -0.05) is 18.2 Å². The van der Waals surface area contributed by atoms with Gasteiger partial charge < -0.3 is 4.42 Å². The summed E-state index contributed by atoms with van der Waals surface area (Å²) in [5.41, 5.74) is 0.553. The van der Waals surface area contributed by atoms with Gasteiger partial charge in [-0.25, -0.2) is 0 Å². The molecule has 0 radical (unpaired) electrons. The van der Waals surface area contributed by atoms with Crippen molar-refractivity contribution in [2.24, 2.45) is 0 Å². The predicted octanol–water partition coefficient (Wildman–Crippen LogP) is 3.41. The highest BCUT2D eigenvalue weighted by Crippen LogP contribution is 2.26. The highest BCUT2D eigenvalue weighted by atomic mass is 32.2. The zero-order valence-electron chi connectivity index (χ0n) is 9.17. The Morgan fingerprint density at radius 3 is 2.53 bits per heavy atom. The SMILES string of the molecule is CC(=O)c1ccccc1SC(=O)c1ccco1. The van der Waals surface area contributed by atoms with Crippen LogP contribution in [0, 0.1) is 0 Å². The average Bonchev–Trinajstić information content (AvgIpc) is 2.83. The van der Waals surface area contributed by atoms with Crippen LogP contribution in [0.4, 0.5) is 0 Å². The van der Waals surface area contributed by atoms with Crippen molar-refractivity contribution in [3.8, 4) is 0 Å². The molecule has 17 heavy (non-hydrogen) atoms. The Morgan fingerprint density at radius 1 is 1.12 bits per heavy atom. The lowest BCUT2D eigenvalue weighted by Gasteiger charge is -2.03. The molecule has 0 saturated carbocycles. The van der Waals surface area contributed by atoms with Crippen molar-refractivity contribution in [2.75, 3.05) is 0 Å². The molecule has 3 nitrogen and oxygen atoms in total. The van der Waals surface area contributed by atoms with Gasteiger partial charge in [0.2, 0.25) is 0 Å². The summed E-state index contributed by atoms with van der Waals surface area (Å²) in [6.45, 7) is 1.48. The van der Waals surface area contributed by atoms with Gasteiger partial charge in [0.15, 0.2) is 11.5 Å². The van der Waals surface area contributed by atoms with Crippen molar-refractivity contribution in [1.29, 1.82) is 0 Å². The van der Waals surface area contributed by atoms with Crippen LogP contribution in [-0.4, -0.2) is 10.9 Å². The van der Waals surface area contributed by atoms with E-state index in [0.717, 1.165) is 11.8 Å². The normalized spacial score (nSPS) is 10.2. The van der Waals surface area contributed by atoms with Crippen LogP contribution in [-0.2, 0) is 0 Å². The number of Topliss-reactive ketones (excluding diaryl/α,β-unsaturated/α-hetero) is 1. The molecule has 2 rings (SSSR count). The molecule has 0 atom stereocenters. The number of hydrogen-bond donors (Lipinski definition) is 0. The fourth-order valence-corrected chi connectivity index (χ4v) is 2.28. The Labute approximate surface area is 103 Å². The largest absolute Gasteiger partial charge is 0.460 e. The van der Waals surface area contributed by atoms with Crippen molar-refractivity contribution in [1.82, 2.24) is 0 Å². The predicted molar refractivity (Wildman–Crippen MR) is 65.3 cm³/mol. The van der Waals surface area contributed by atoms with E-state index in [9.17, 15) is 9.59 Å². The van der Waals surface area contributed by atoms with Crippen molar-refractivity contribution in [2.45, 2.75) is 11.8 Å². The van der Waals surface area contributed by atoms with E-state index in [1.54, 1.807) is 36.4 Å². The molecule has 0 aliphatic heterocycles. The lowest BCUT2D eigenvalue weighted by molar-refractivity contribution is 0.101. The first-order valence-corrected chi connectivity index (χ1v) is 5.86. The Bertz CT molecular complexity index is 544. The zero-order valence-corrected chi connectivity index (χ0v) is 9.99. The third kappa shape index (κ3) is 2.65. The van der Waals surface area contributed by atoms with Crippen molar-refractivity contribution in [3.63, 3.8) is 0 Å². The van der Waals surface area contributed by atoms with E-state index in [1.165, 1.54) is 13.2 Å². The lowest BCUT2D eigenvalue weighted by atomic mass is 10.1. The second-order valence-corrected chi connectivity index (χ2v) is 4.43. The van der Waals surface area contributed by atoms with Crippen LogP contribution in [0.1, 0.15) is 27.8 Å². The van der Waals surface area contributed by atoms with Gasteiger partial charge in [-0.3, -0.25) is 9.59 Å². The Balaban J connectivity index is 2.25. The standard InChI is InChI=1S/C13H10O3S/c1-9(14)10-5-2-3-7-12(10)17-13(15)11-6-4-8-16-11/h2-8H,1H3. The maximum atomic E-state index is 11.8. The van der Waals surface area contributed by atoms with Crippen molar-refractivity contribution in [3.05, 3.63) is 54.0 Å². The van der Waals surface area contributed by atoms with Gasteiger partial charge in [-0.15, -0.1) is 0 Å². The van der Waals surface area contributed by atoms with Gasteiger partial charge in [-0.05, 0) is 36.9 Å². The number of carbonyl (C=O) groups excluding carboxylic acids is 2. The van der Waals surface area contributed by atoms with Gasteiger partial charge in [0.25, 0.3) is 5.12 Å². The van der Waals surface area contributed by atoms with Gasteiger partial charge in [-0.2, -0.15) is 0 Å². The molecule has 1 aromatic heterocycles. The lowest BCUT2D eigenvalue weighted by Crippen LogP contribution is -1.97. The smallest absolute Gasteiger partial charge is 0.259 e. The van der Waals surface area contributed by atoms with E-state index in [0.29, 0.717) is 10.5 Å². The Morgan fingerprint density at radius 2 is 1.88 bits per heavy atom. The minimum Gasteiger partial charge on any atom is -0.460 e. The molecule has 0 spiro atoms. The molecule has 0 N–H and O–H groups in total. The summed E-state index contributed by atoms with van der Waals surface area (Å²) in [5, 5.41) is -0.205. The van der Waals surface area contributed by atoms with Crippen LogP contribution in [0.25, 0.3) is 0 Å². The molecule has 0 bridgehead atoms. The molecule has 0 fully saturated rings. The van der Waals surface area contributed by atoms with Gasteiger partial charge in [0, 0.05) is 10.5 Å². The van der Waals surface area contributed by atoms with E-state index < -0.39 is 0 Å². The van der Waals surface area contributed by atoms with Crippen LogP contribution >= 0.6 is 11.8 Å². The second-order valence-electron chi connectivity index (χ2n) is 3.42. The van der Waals surface area contributed by atoms with Gasteiger partial charge in [0.1, 0.15) is 0 Å². The third-order valence-corrected chi connectivity index (χ3v) is 3.15. The molecule has 0 unspecified atom stereocenters. The van der Waals surface area contributed by atoms with Gasteiger partial charge >= 0.3 is 0 Å². The molecular weight excluding hydrogens is 236 g/mol. The maximum absolute atomic E-state index is 11.8. The van der Waals surface area contributed by atoms with Crippen LogP contribution in [0.5, 0.6) is 0 Å². The van der Waals surface area contributed by atoms with Crippen LogP contribution < -0.4 is 0 Å². The topological polar surface area (TPSA) is 47.3 Å². The summed E-state index contributed by atoms with van der Waals surface area (Å²) in [6.07, 6.45) is 1.45. The molecule has 4 heteroatoms. The molecule has 2 aromatic rings. The first-order chi connectivity index (χ1) is 8.18.